The number of aryl methyl sites for hydroxylation is 2. The van der Waals surface area contributed by atoms with E-state index in [0.29, 0.717) is 10.6 Å². The Hall–Kier alpha value is -1.39. The lowest BCUT2D eigenvalue weighted by Gasteiger charge is -2.13. The van der Waals surface area contributed by atoms with Crippen molar-refractivity contribution in [1.82, 2.24) is 0 Å². The largest absolute Gasteiger partial charge is 0.323 e. The number of nitrogens with two attached hydrogens (primary N) is 1. The molecule has 1 atom stereocenters. The zero-order valence-electron chi connectivity index (χ0n) is 11.5. The Balaban J connectivity index is 2.02. The second kappa shape index (κ2) is 6.37. The molecule has 20 heavy (non-hydrogen) atoms. The van der Waals surface area contributed by atoms with Crippen molar-refractivity contribution < 1.29 is 8.78 Å². The van der Waals surface area contributed by atoms with Crippen molar-refractivity contribution in [2.24, 2.45) is 5.73 Å². The molecule has 2 N–H and O–H groups in total. The van der Waals surface area contributed by atoms with E-state index in [-0.39, 0.29) is 6.04 Å². The molecule has 1 nitrogen and oxygen atoms in total. The highest BCUT2D eigenvalue weighted by Crippen LogP contribution is 2.25. The first-order chi connectivity index (χ1) is 9.47. The quantitative estimate of drug-likeness (QED) is 0.847. The van der Waals surface area contributed by atoms with Crippen molar-refractivity contribution in [2.45, 2.75) is 24.8 Å². The monoisotopic (exact) mass is 293 g/mol. The molecule has 0 radical (unpaired) electrons. The van der Waals surface area contributed by atoms with Crippen LogP contribution in [0.3, 0.4) is 0 Å². The second-order valence-electron chi connectivity index (χ2n) is 4.84. The molecule has 0 aliphatic heterocycles. The molecule has 2 rings (SSSR count). The molecule has 1 unspecified atom stereocenters. The summed E-state index contributed by atoms with van der Waals surface area (Å²) < 4.78 is 25.9. The van der Waals surface area contributed by atoms with Gasteiger partial charge in [0.1, 0.15) is 0 Å². The van der Waals surface area contributed by atoms with E-state index < -0.39 is 11.6 Å². The van der Waals surface area contributed by atoms with E-state index in [1.165, 1.54) is 29.0 Å². The highest BCUT2D eigenvalue weighted by molar-refractivity contribution is 7.99. The fourth-order valence-electron chi connectivity index (χ4n) is 1.84. The standard InChI is InChI=1S/C16H17F2NS/c1-10-3-4-12(7-11(10)2)16(19)9-20-13-5-6-14(17)15(18)8-13/h3-8,16H,9,19H2,1-2H3. The molecule has 0 saturated heterocycles. The zero-order valence-corrected chi connectivity index (χ0v) is 12.3. The summed E-state index contributed by atoms with van der Waals surface area (Å²) in [5.41, 5.74) is 9.63. The summed E-state index contributed by atoms with van der Waals surface area (Å²) in [7, 11) is 0. The Bertz CT molecular complexity index is 613. The van der Waals surface area contributed by atoms with Gasteiger partial charge < -0.3 is 5.73 Å². The van der Waals surface area contributed by atoms with Crippen LogP contribution >= 0.6 is 11.8 Å². The van der Waals surface area contributed by atoms with E-state index in [4.69, 9.17) is 5.73 Å². The molecule has 0 amide bonds. The van der Waals surface area contributed by atoms with Gasteiger partial charge in [-0.1, -0.05) is 18.2 Å². The minimum absolute atomic E-state index is 0.132. The summed E-state index contributed by atoms with van der Waals surface area (Å²) in [4.78, 5) is 0.684. The predicted octanol–water partition coefficient (Wildman–Crippen LogP) is 4.37. The summed E-state index contributed by atoms with van der Waals surface area (Å²) in [5.74, 6) is -1.03. The molecule has 0 heterocycles. The number of benzene rings is 2. The molecule has 0 fully saturated rings. The smallest absolute Gasteiger partial charge is 0.159 e. The van der Waals surface area contributed by atoms with E-state index in [0.717, 1.165) is 11.6 Å². The summed E-state index contributed by atoms with van der Waals surface area (Å²) >= 11 is 1.42. The maximum Gasteiger partial charge on any atom is 0.159 e. The molecule has 2 aromatic carbocycles. The zero-order chi connectivity index (χ0) is 14.7. The van der Waals surface area contributed by atoms with Gasteiger partial charge in [0.15, 0.2) is 11.6 Å². The molecule has 2 aromatic rings. The van der Waals surface area contributed by atoms with E-state index in [9.17, 15) is 8.78 Å². The van der Waals surface area contributed by atoms with Crippen molar-refractivity contribution >= 4 is 11.8 Å². The minimum atomic E-state index is -0.826. The lowest BCUT2D eigenvalue weighted by molar-refractivity contribution is 0.506. The number of halogens is 2. The molecule has 0 aromatic heterocycles. The van der Waals surface area contributed by atoms with Crippen LogP contribution in [0, 0.1) is 25.5 Å². The van der Waals surface area contributed by atoms with Gasteiger partial charge >= 0.3 is 0 Å². The van der Waals surface area contributed by atoms with Gasteiger partial charge in [-0.15, -0.1) is 11.8 Å². The molecule has 0 spiro atoms. The first-order valence-electron chi connectivity index (χ1n) is 6.38. The third-order valence-electron chi connectivity index (χ3n) is 3.28. The Kier molecular flexibility index (Phi) is 4.78. The van der Waals surface area contributed by atoms with Crippen LogP contribution in [-0.2, 0) is 0 Å². The Morgan fingerprint density at radius 2 is 1.75 bits per heavy atom. The van der Waals surface area contributed by atoms with E-state index >= 15 is 0 Å². The van der Waals surface area contributed by atoms with Gasteiger partial charge in [-0.2, -0.15) is 0 Å². The lowest BCUT2D eigenvalue weighted by atomic mass is 10.0. The fourth-order valence-corrected chi connectivity index (χ4v) is 2.76. The van der Waals surface area contributed by atoms with Gasteiger partial charge in [0.25, 0.3) is 0 Å². The number of hydrogen-bond acceptors (Lipinski definition) is 2. The fraction of sp³-hybridized carbons (Fsp3) is 0.250. The van der Waals surface area contributed by atoms with Crippen molar-refractivity contribution in [3.05, 3.63) is 64.7 Å². The maximum atomic E-state index is 13.1. The highest BCUT2D eigenvalue weighted by Gasteiger charge is 2.09. The Labute approximate surface area is 122 Å². The van der Waals surface area contributed by atoms with Crippen LogP contribution in [0.15, 0.2) is 41.3 Å². The van der Waals surface area contributed by atoms with Crippen LogP contribution in [0.2, 0.25) is 0 Å². The van der Waals surface area contributed by atoms with Gasteiger partial charge in [0.05, 0.1) is 0 Å². The van der Waals surface area contributed by atoms with E-state index in [2.05, 4.69) is 13.0 Å². The van der Waals surface area contributed by atoms with Gasteiger partial charge in [0.2, 0.25) is 0 Å². The minimum Gasteiger partial charge on any atom is -0.323 e. The summed E-state index contributed by atoms with van der Waals surface area (Å²) in [5, 5.41) is 0. The summed E-state index contributed by atoms with van der Waals surface area (Å²) in [6.07, 6.45) is 0. The van der Waals surface area contributed by atoms with Crippen molar-refractivity contribution in [1.29, 1.82) is 0 Å². The third-order valence-corrected chi connectivity index (χ3v) is 4.39. The Morgan fingerprint density at radius 3 is 2.40 bits per heavy atom. The molecule has 0 aliphatic rings. The number of rotatable bonds is 4. The first kappa shape index (κ1) is 15.0. The van der Waals surface area contributed by atoms with Crippen LogP contribution in [-0.4, -0.2) is 5.75 Å². The van der Waals surface area contributed by atoms with Crippen molar-refractivity contribution in [2.75, 3.05) is 5.75 Å². The molecular formula is C16H17F2NS. The third kappa shape index (κ3) is 3.58. The van der Waals surface area contributed by atoms with Gasteiger partial charge in [-0.3, -0.25) is 0 Å². The molecule has 0 aliphatic carbocycles. The normalized spacial score (nSPS) is 12.4. The maximum absolute atomic E-state index is 13.1. The molecule has 0 bridgehead atoms. The van der Waals surface area contributed by atoms with E-state index in [1.54, 1.807) is 6.07 Å². The summed E-state index contributed by atoms with van der Waals surface area (Å²) in [6.45, 7) is 4.11. The lowest BCUT2D eigenvalue weighted by Crippen LogP contribution is -2.13. The predicted molar refractivity (Wildman–Crippen MR) is 79.9 cm³/mol. The number of thioether (sulfide) groups is 1. The van der Waals surface area contributed by atoms with Gasteiger partial charge in [-0.05, 0) is 48.7 Å². The molecule has 0 saturated carbocycles. The van der Waals surface area contributed by atoms with Crippen LogP contribution < -0.4 is 5.73 Å². The molecule has 4 heteroatoms. The van der Waals surface area contributed by atoms with Gasteiger partial charge in [-0.25, -0.2) is 8.78 Å². The summed E-state index contributed by atoms with van der Waals surface area (Å²) in [6, 6.07) is 9.91. The van der Waals surface area contributed by atoms with E-state index in [1.807, 2.05) is 19.1 Å². The SMILES string of the molecule is Cc1ccc(C(N)CSc2ccc(F)c(F)c2)cc1C. The topological polar surface area (TPSA) is 26.0 Å². The average Bonchev–Trinajstić information content (AvgIpc) is 2.43. The highest BCUT2D eigenvalue weighted by atomic mass is 32.2. The van der Waals surface area contributed by atoms with Crippen molar-refractivity contribution in [3.8, 4) is 0 Å². The van der Waals surface area contributed by atoms with Gasteiger partial charge in [0, 0.05) is 16.7 Å². The van der Waals surface area contributed by atoms with Crippen LogP contribution in [0.25, 0.3) is 0 Å². The average molecular weight is 293 g/mol. The van der Waals surface area contributed by atoms with Crippen molar-refractivity contribution in [3.63, 3.8) is 0 Å². The molecule has 106 valence electrons. The number of hydrogen-bond donors (Lipinski definition) is 1. The molecular weight excluding hydrogens is 276 g/mol. The van der Waals surface area contributed by atoms with Crippen LogP contribution in [0.1, 0.15) is 22.7 Å². The first-order valence-corrected chi connectivity index (χ1v) is 7.36. The second-order valence-corrected chi connectivity index (χ2v) is 5.93. The Morgan fingerprint density at radius 1 is 1.00 bits per heavy atom. The van der Waals surface area contributed by atoms with Crippen LogP contribution in [0.4, 0.5) is 8.78 Å². The van der Waals surface area contributed by atoms with Crippen LogP contribution in [0.5, 0.6) is 0 Å².